The smallest absolute Gasteiger partial charge is 0.0479 e. The number of methoxy groups -OCH3 is 1. The maximum absolute atomic E-state index is 5.58. The summed E-state index contributed by atoms with van der Waals surface area (Å²) >= 11 is 0. The van der Waals surface area contributed by atoms with Gasteiger partial charge in [0.05, 0.1) is 0 Å². The van der Waals surface area contributed by atoms with E-state index in [1.54, 1.807) is 7.11 Å². The van der Waals surface area contributed by atoms with E-state index in [0.717, 1.165) is 26.1 Å². The summed E-state index contributed by atoms with van der Waals surface area (Å²) in [5, 5.41) is 0. The molecule has 3 nitrogen and oxygen atoms in total. The molecule has 0 saturated carbocycles. The zero-order chi connectivity index (χ0) is 11.8. The molecular formula is C13H22N2O. The Morgan fingerprint density at radius 1 is 1.25 bits per heavy atom. The van der Waals surface area contributed by atoms with Gasteiger partial charge in [-0.15, -0.1) is 0 Å². The van der Waals surface area contributed by atoms with Crippen molar-refractivity contribution in [2.24, 2.45) is 5.73 Å². The second kappa shape index (κ2) is 7.25. The molecule has 0 aliphatic heterocycles. The van der Waals surface area contributed by atoms with Crippen molar-refractivity contribution >= 4 is 5.69 Å². The van der Waals surface area contributed by atoms with Crippen molar-refractivity contribution in [1.29, 1.82) is 0 Å². The van der Waals surface area contributed by atoms with Crippen molar-refractivity contribution in [1.82, 2.24) is 0 Å². The van der Waals surface area contributed by atoms with Crippen LogP contribution in [0.1, 0.15) is 18.9 Å². The SMILES string of the molecule is CCN(CCCOC)c1ccc(CN)cc1. The topological polar surface area (TPSA) is 38.5 Å². The molecule has 0 atom stereocenters. The molecule has 0 bridgehead atoms. The van der Waals surface area contributed by atoms with Crippen LogP contribution in [0.15, 0.2) is 24.3 Å². The van der Waals surface area contributed by atoms with E-state index in [2.05, 4.69) is 36.1 Å². The largest absolute Gasteiger partial charge is 0.385 e. The van der Waals surface area contributed by atoms with Crippen LogP contribution in [0, 0.1) is 0 Å². The molecule has 0 radical (unpaired) electrons. The van der Waals surface area contributed by atoms with E-state index in [0.29, 0.717) is 6.54 Å². The highest BCUT2D eigenvalue weighted by molar-refractivity contribution is 5.47. The van der Waals surface area contributed by atoms with Gasteiger partial charge in [-0.05, 0) is 31.0 Å². The quantitative estimate of drug-likeness (QED) is 0.717. The Bertz CT molecular complexity index is 284. The molecule has 1 aromatic rings. The fourth-order valence-corrected chi connectivity index (χ4v) is 1.71. The van der Waals surface area contributed by atoms with Gasteiger partial charge in [0.2, 0.25) is 0 Å². The summed E-state index contributed by atoms with van der Waals surface area (Å²) in [4.78, 5) is 2.35. The van der Waals surface area contributed by atoms with Gasteiger partial charge in [-0.1, -0.05) is 12.1 Å². The van der Waals surface area contributed by atoms with Crippen molar-refractivity contribution < 1.29 is 4.74 Å². The third-order valence-corrected chi connectivity index (χ3v) is 2.70. The first-order valence-corrected chi connectivity index (χ1v) is 5.84. The van der Waals surface area contributed by atoms with Gasteiger partial charge < -0.3 is 15.4 Å². The van der Waals surface area contributed by atoms with Crippen LogP contribution in [-0.4, -0.2) is 26.8 Å². The van der Waals surface area contributed by atoms with E-state index in [4.69, 9.17) is 10.5 Å². The van der Waals surface area contributed by atoms with Crippen LogP contribution in [-0.2, 0) is 11.3 Å². The van der Waals surface area contributed by atoms with Gasteiger partial charge in [-0.2, -0.15) is 0 Å². The molecule has 0 amide bonds. The van der Waals surface area contributed by atoms with Gasteiger partial charge in [-0.25, -0.2) is 0 Å². The summed E-state index contributed by atoms with van der Waals surface area (Å²) in [6.07, 6.45) is 1.06. The van der Waals surface area contributed by atoms with E-state index in [1.807, 2.05) is 0 Å². The molecule has 0 unspecified atom stereocenters. The summed E-state index contributed by atoms with van der Waals surface area (Å²) in [6.45, 7) is 5.65. The average Bonchev–Trinajstić information content (AvgIpc) is 2.35. The third kappa shape index (κ3) is 3.83. The molecule has 0 aliphatic carbocycles. The molecule has 1 aromatic carbocycles. The van der Waals surface area contributed by atoms with Crippen LogP contribution >= 0.6 is 0 Å². The van der Waals surface area contributed by atoms with Crippen molar-refractivity contribution in [3.05, 3.63) is 29.8 Å². The second-order valence-corrected chi connectivity index (χ2v) is 3.80. The molecule has 1 rings (SSSR count). The average molecular weight is 222 g/mol. The van der Waals surface area contributed by atoms with Crippen LogP contribution in [0.5, 0.6) is 0 Å². The highest BCUT2D eigenvalue weighted by Crippen LogP contribution is 2.15. The predicted octanol–water partition coefficient (Wildman–Crippen LogP) is 2.01. The van der Waals surface area contributed by atoms with E-state index < -0.39 is 0 Å². The first kappa shape index (κ1) is 13.0. The zero-order valence-corrected chi connectivity index (χ0v) is 10.3. The highest BCUT2D eigenvalue weighted by atomic mass is 16.5. The number of hydrogen-bond acceptors (Lipinski definition) is 3. The summed E-state index contributed by atoms with van der Waals surface area (Å²) in [7, 11) is 1.74. The Morgan fingerprint density at radius 2 is 1.94 bits per heavy atom. The molecule has 0 aliphatic rings. The number of benzene rings is 1. The second-order valence-electron chi connectivity index (χ2n) is 3.80. The lowest BCUT2D eigenvalue weighted by Crippen LogP contribution is -2.24. The predicted molar refractivity (Wildman–Crippen MR) is 68.7 cm³/mol. The Hall–Kier alpha value is -1.06. The minimum atomic E-state index is 0.607. The maximum Gasteiger partial charge on any atom is 0.0479 e. The number of nitrogens with two attached hydrogens (primary N) is 1. The highest BCUT2D eigenvalue weighted by Gasteiger charge is 2.03. The number of nitrogens with zero attached hydrogens (tertiary/aromatic N) is 1. The Labute approximate surface area is 98.2 Å². The zero-order valence-electron chi connectivity index (χ0n) is 10.3. The normalized spacial score (nSPS) is 10.4. The lowest BCUT2D eigenvalue weighted by atomic mass is 10.2. The summed E-state index contributed by atoms with van der Waals surface area (Å²) in [5.74, 6) is 0. The van der Waals surface area contributed by atoms with Crippen LogP contribution in [0.4, 0.5) is 5.69 Å². The summed E-state index contributed by atoms with van der Waals surface area (Å²) in [6, 6.07) is 8.46. The van der Waals surface area contributed by atoms with Crippen molar-refractivity contribution in [2.45, 2.75) is 19.9 Å². The lowest BCUT2D eigenvalue weighted by Gasteiger charge is -2.23. The van der Waals surface area contributed by atoms with E-state index in [9.17, 15) is 0 Å². The van der Waals surface area contributed by atoms with Crippen LogP contribution < -0.4 is 10.6 Å². The van der Waals surface area contributed by atoms with E-state index in [-0.39, 0.29) is 0 Å². The molecule has 3 heteroatoms. The molecule has 16 heavy (non-hydrogen) atoms. The molecule has 0 saturated heterocycles. The summed E-state index contributed by atoms with van der Waals surface area (Å²) in [5.41, 5.74) is 8.01. The van der Waals surface area contributed by atoms with Gasteiger partial charge in [0, 0.05) is 39.0 Å². The fourth-order valence-electron chi connectivity index (χ4n) is 1.71. The Kier molecular flexibility index (Phi) is 5.90. The maximum atomic E-state index is 5.58. The van der Waals surface area contributed by atoms with Gasteiger partial charge >= 0.3 is 0 Å². The fraction of sp³-hybridized carbons (Fsp3) is 0.538. The number of rotatable bonds is 7. The van der Waals surface area contributed by atoms with E-state index >= 15 is 0 Å². The molecule has 0 aromatic heterocycles. The van der Waals surface area contributed by atoms with Crippen molar-refractivity contribution in [3.8, 4) is 0 Å². The van der Waals surface area contributed by atoms with Gasteiger partial charge in [0.1, 0.15) is 0 Å². The monoisotopic (exact) mass is 222 g/mol. The van der Waals surface area contributed by atoms with E-state index in [1.165, 1.54) is 11.3 Å². The molecule has 0 spiro atoms. The van der Waals surface area contributed by atoms with Crippen molar-refractivity contribution in [2.75, 3.05) is 31.7 Å². The number of hydrogen-bond donors (Lipinski definition) is 1. The Morgan fingerprint density at radius 3 is 2.44 bits per heavy atom. The molecular weight excluding hydrogens is 200 g/mol. The molecule has 90 valence electrons. The number of ether oxygens (including phenoxy) is 1. The van der Waals surface area contributed by atoms with Gasteiger partial charge in [-0.3, -0.25) is 0 Å². The van der Waals surface area contributed by atoms with Gasteiger partial charge in [0.25, 0.3) is 0 Å². The lowest BCUT2D eigenvalue weighted by molar-refractivity contribution is 0.196. The standard InChI is InChI=1S/C13H22N2O/c1-3-15(9-4-10-16-2)13-7-5-12(11-14)6-8-13/h5-8H,3-4,9-11,14H2,1-2H3. The third-order valence-electron chi connectivity index (χ3n) is 2.70. The first-order valence-electron chi connectivity index (χ1n) is 5.84. The molecule has 0 heterocycles. The van der Waals surface area contributed by atoms with Gasteiger partial charge in [0.15, 0.2) is 0 Å². The Balaban J connectivity index is 2.56. The summed E-state index contributed by atoms with van der Waals surface area (Å²) < 4.78 is 5.07. The number of anilines is 1. The molecule has 2 N–H and O–H groups in total. The van der Waals surface area contributed by atoms with Crippen LogP contribution in [0.2, 0.25) is 0 Å². The van der Waals surface area contributed by atoms with Crippen LogP contribution in [0.3, 0.4) is 0 Å². The van der Waals surface area contributed by atoms with Crippen LogP contribution in [0.25, 0.3) is 0 Å². The first-order chi connectivity index (χ1) is 7.81. The molecule has 0 fully saturated rings. The minimum Gasteiger partial charge on any atom is -0.385 e. The van der Waals surface area contributed by atoms with Crippen molar-refractivity contribution in [3.63, 3.8) is 0 Å². The minimum absolute atomic E-state index is 0.607.